The summed E-state index contributed by atoms with van der Waals surface area (Å²) in [7, 11) is 5.46. The number of aliphatic hydroxyl groups excluding tert-OH is 1. The van der Waals surface area contributed by atoms with Crippen LogP contribution in [0.4, 0.5) is 5.69 Å². The number of anilines is 1. The van der Waals surface area contributed by atoms with Gasteiger partial charge in [-0.15, -0.1) is 0 Å². The minimum atomic E-state index is -0.858. The van der Waals surface area contributed by atoms with Crippen molar-refractivity contribution in [1.82, 2.24) is 4.90 Å². The highest BCUT2D eigenvalue weighted by Gasteiger charge is 2.31. The molecule has 20 heavy (non-hydrogen) atoms. The molecule has 0 saturated carbocycles. The van der Waals surface area contributed by atoms with Crippen LogP contribution in [0.15, 0.2) is 12.1 Å². The van der Waals surface area contributed by atoms with E-state index < -0.39 is 6.23 Å². The summed E-state index contributed by atoms with van der Waals surface area (Å²) in [6, 6.07) is 3.78. The molecular weight excluding hydrogens is 256 g/mol. The second-order valence-electron chi connectivity index (χ2n) is 5.19. The molecule has 0 radical (unpaired) electrons. The molecular formula is C15H20N2O3. The SMILES string of the molecule is COC1=c2c(ccc(C)c2=C=O)N(CCN(C)C)C1O. The van der Waals surface area contributed by atoms with Gasteiger partial charge in [0.05, 0.1) is 23.2 Å². The van der Waals surface area contributed by atoms with Gasteiger partial charge in [0.1, 0.15) is 5.94 Å². The van der Waals surface area contributed by atoms with Crippen molar-refractivity contribution in [2.75, 3.05) is 39.2 Å². The fourth-order valence-electron chi connectivity index (χ4n) is 2.48. The molecule has 1 heterocycles. The summed E-state index contributed by atoms with van der Waals surface area (Å²) in [6.45, 7) is 3.29. The average molecular weight is 276 g/mol. The number of benzene rings is 1. The summed E-state index contributed by atoms with van der Waals surface area (Å²) >= 11 is 0. The van der Waals surface area contributed by atoms with Gasteiger partial charge in [0, 0.05) is 13.1 Å². The van der Waals surface area contributed by atoms with Crippen molar-refractivity contribution < 1.29 is 14.6 Å². The molecule has 0 spiro atoms. The highest BCUT2D eigenvalue weighted by Crippen LogP contribution is 2.22. The molecule has 2 rings (SSSR count). The summed E-state index contributed by atoms with van der Waals surface area (Å²) in [5, 5.41) is 11.5. The van der Waals surface area contributed by atoms with Gasteiger partial charge in [-0.25, -0.2) is 4.79 Å². The van der Waals surface area contributed by atoms with E-state index in [-0.39, 0.29) is 0 Å². The number of likely N-dealkylation sites (N-methyl/N-ethyl adjacent to an activating group) is 1. The van der Waals surface area contributed by atoms with Crippen LogP contribution < -0.4 is 15.3 Å². The van der Waals surface area contributed by atoms with Crippen LogP contribution in [-0.2, 0) is 9.53 Å². The first-order valence-electron chi connectivity index (χ1n) is 6.53. The van der Waals surface area contributed by atoms with Crippen LogP contribution in [0.25, 0.3) is 5.76 Å². The van der Waals surface area contributed by atoms with Crippen molar-refractivity contribution in [2.24, 2.45) is 0 Å². The van der Waals surface area contributed by atoms with Gasteiger partial charge in [-0.05, 0) is 32.6 Å². The van der Waals surface area contributed by atoms with E-state index in [0.717, 1.165) is 17.8 Å². The smallest absolute Gasteiger partial charge is 0.186 e. The third-order valence-electron chi connectivity index (χ3n) is 3.59. The van der Waals surface area contributed by atoms with E-state index in [4.69, 9.17) is 4.74 Å². The predicted octanol–water partition coefficient (Wildman–Crippen LogP) is -1.05. The number of rotatable bonds is 4. The Balaban J connectivity index is 2.60. The van der Waals surface area contributed by atoms with Crippen molar-refractivity contribution in [1.29, 1.82) is 0 Å². The molecule has 5 nitrogen and oxygen atoms in total. The van der Waals surface area contributed by atoms with Crippen LogP contribution in [0.2, 0.25) is 0 Å². The highest BCUT2D eigenvalue weighted by molar-refractivity contribution is 5.70. The zero-order valence-corrected chi connectivity index (χ0v) is 12.3. The van der Waals surface area contributed by atoms with Crippen molar-refractivity contribution in [3.63, 3.8) is 0 Å². The van der Waals surface area contributed by atoms with Gasteiger partial charge in [0.2, 0.25) is 0 Å². The monoisotopic (exact) mass is 276 g/mol. The first-order valence-corrected chi connectivity index (χ1v) is 6.53. The number of carbonyl (C=O) groups excluding carboxylic acids is 1. The molecule has 1 aromatic carbocycles. The zero-order valence-electron chi connectivity index (χ0n) is 12.3. The molecule has 1 N–H and O–H groups in total. The van der Waals surface area contributed by atoms with Crippen molar-refractivity contribution in [2.45, 2.75) is 13.2 Å². The molecule has 1 atom stereocenters. The van der Waals surface area contributed by atoms with Crippen LogP contribution in [0, 0.1) is 6.92 Å². The van der Waals surface area contributed by atoms with E-state index in [9.17, 15) is 9.90 Å². The minimum Gasteiger partial charge on any atom is -0.496 e. The van der Waals surface area contributed by atoms with Gasteiger partial charge >= 0.3 is 0 Å². The molecule has 5 heteroatoms. The minimum absolute atomic E-state index is 0.417. The normalized spacial score (nSPS) is 17.4. The van der Waals surface area contributed by atoms with Gasteiger partial charge in [-0.1, -0.05) is 6.07 Å². The quantitative estimate of drug-likeness (QED) is 0.761. The molecule has 1 aromatic rings. The van der Waals surface area contributed by atoms with E-state index in [0.29, 0.717) is 22.7 Å². The largest absolute Gasteiger partial charge is 0.496 e. The van der Waals surface area contributed by atoms with Crippen LogP contribution >= 0.6 is 0 Å². The second-order valence-corrected chi connectivity index (χ2v) is 5.19. The number of aryl methyl sites for hydroxylation is 1. The van der Waals surface area contributed by atoms with Gasteiger partial charge in [-0.3, -0.25) is 0 Å². The number of methoxy groups -OCH3 is 1. The van der Waals surface area contributed by atoms with Crippen LogP contribution in [0.1, 0.15) is 5.56 Å². The van der Waals surface area contributed by atoms with Gasteiger partial charge in [-0.2, -0.15) is 0 Å². The van der Waals surface area contributed by atoms with E-state index >= 15 is 0 Å². The maximum absolute atomic E-state index is 11.2. The van der Waals surface area contributed by atoms with Gasteiger partial charge in [0.25, 0.3) is 0 Å². The van der Waals surface area contributed by atoms with Gasteiger partial charge in [0.15, 0.2) is 12.0 Å². The standard InChI is InChI=1S/C15H20N2O3/c1-10-5-6-12-13(11(10)9-18)14(20-4)15(19)17(12)8-7-16(2)3/h5-6,15,19H,7-8H2,1-4H3. The Morgan fingerprint density at radius 3 is 2.70 bits per heavy atom. The first kappa shape index (κ1) is 14.6. The van der Waals surface area contributed by atoms with Crippen LogP contribution in [-0.4, -0.2) is 56.5 Å². The molecule has 0 fully saturated rings. The number of ether oxygens (including phenoxy) is 1. The third-order valence-corrected chi connectivity index (χ3v) is 3.59. The topological polar surface area (TPSA) is 53.0 Å². The van der Waals surface area contributed by atoms with E-state index in [1.54, 1.807) is 0 Å². The third kappa shape index (κ3) is 2.31. The molecule has 108 valence electrons. The van der Waals surface area contributed by atoms with Gasteiger partial charge < -0.3 is 19.6 Å². The maximum atomic E-state index is 11.2. The number of nitrogens with zero attached hydrogens (tertiary/aromatic N) is 2. The summed E-state index contributed by atoms with van der Waals surface area (Å²) < 4.78 is 5.32. The van der Waals surface area contributed by atoms with Crippen molar-refractivity contribution >= 4 is 17.4 Å². The summed E-state index contributed by atoms with van der Waals surface area (Å²) in [6.07, 6.45) is -0.858. The molecule has 0 bridgehead atoms. The van der Waals surface area contributed by atoms with Crippen molar-refractivity contribution in [3.05, 3.63) is 28.1 Å². The lowest BCUT2D eigenvalue weighted by atomic mass is 10.1. The van der Waals surface area contributed by atoms with Crippen LogP contribution in [0.5, 0.6) is 0 Å². The zero-order chi connectivity index (χ0) is 14.9. The lowest BCUT2D eigenvalue weighted by Gasteiger charge is -2.26. The first-order chi connectivity index (χ1) is 9.51. The molecule has 0 saturated heterocycles. The molecule has 1 aliphatic rings. The van der Waals surface area contributed by atoms with Crippen LogP contribution in [0.3, 0.4) is 0 Å². The number of hydrogen-bond acceptors (Lipinski definition) is 5. The van der Waals surface area contributed by atoms with Crippen molar-refractivity contribution in [3.8, 4) is 0 Å². The molecule has 0 aliphatic carbocycles. The highest BCUT2D eigenvalue weighted by atomic mass is 16.5. The summed E-state index contributed by atoms with van der Waals surface area (Å²) in [5.74, 6) is 2.38. The number of hydrogen-bond donors (Lipinski definition) is 1. The summed E-state index contributed by atoms with van der Waals surface area (Å²) in [5.41, 5.74) is 1.65. The fraction of sp³-hybridized carbons (Fsp3) is 0.467. The Morgan fingerprint density at radius 1 is 1.45 bits per heavy atom. The maximum Gasteiger partial charge on any atom is 0.186 e. The molecule has 0 amide bonds. The lowest BCUT2D eigenvalue weighted by Crippen LogP contribution is -2.38. The Bertz CT molecular complexity index is 648. The predicted molar refractivity (Wildman–Crippen MR) is 77.5 cm³/mol. The molecule has 1 unspecified atom stereocenters. The van der Waals surface area contributed by atoms with E-state index in [2.05, 4.69) is 0 Å². The Labute approximate surface area is 118 Å². The Morgan fingerprint density at radius 2 is 2.15 bits per heavy atom. The van der Waals surface area contributed by atoms with E-state index in [1.807, 2.05) is 48.9 Å². The fourth-order valence-corrected chi connectivity index (χ4v) is 2.48. The summed E-state index contributed by atoms with van der Waals surface area (Å²) in [4.78, 5) is 15.1. The Hall–Kier alpha value is -1.81. The second kappa shape index (κ2) is 5.67. The van der Waals surface area contributed by atoms with E-state index in [1.165, 1.54) is 7.11 Å². The lowest BCUT2D eigenvalue weighted by molar-refractivity contribution is 0.176. The number of fused-ring (bicyclic) bond motifs is 1. The number of aliphatic hydroxyl groups is 1. The average Bonchev–Trinajstić information content (AvgIpc) is 2.68. The molecule has 1 aliphatic heterocycles. The Kier molecular flexibility index (Phi) is 4.14. The molecule has 0 aromatic heterocycles.